The summed E-state index contributed by atoms with van der Waals surface area (Å²) in [5.41, 5.74) is 1.17. The number of rotatable bonds is 10. The van der Waals surface area contributed by atoms with E-state index in [4.69, 9.17) is 9.47 Å². The summed E-state index contributed by atoms with van der Waals surface area (Å²) in [6.45, 7) is 4.61. The fraction of sp³-hybridized carbons (Fsp3) is 0.700. The largest absolute Gasteiger partial charge is 0.617 e. The van der Waals surface area contributed by atoms with Crippen LogP contribution in [-0.2, 0) is 28.8 Å². The lowest BCUT2D eigenvalue weighted by Crippen LogP contribution is -2.23. The van der Waals surface area contributed by atoms with Crippen molar-refractivity contribution in [2.24, 2.45) is 0 Å². The van der Waals surface area contributed by atoms with Gasteiger partial charge in [-0.1, -0.05) is 61.0 Å². The number of fused-ring (bicyclic) bond motifs is 1. The Bertz CT molecular complexity index is 494. The van der Waals surface area contributed by atoms with Crippen LogP contribution < -0.4 is 9.47 Å². The minimum Gasteiger partial charge on any atom is -0.617 e. The Hall–Kier alpha value is -0.560. The minimum atomic E-state index is -0.743. The molecule has 150 valence electrons. The summed E-state index contributed by atoms with van der Waals surface area (Å²) in [6, 6.07) is 6.01. The van der Waals surface area contributed by atoms with E-state index in [1.807, 2.05) is 18.2 Å². The van der Waals surface area contributed by atoms with Gasteiger partial charge in [0.25, 0.3) is 0 Å². The molecule has 1 heterocycles. The highest BCUT2D eigenvalue weighted by atomic mass is 32.2. The Labute approximate surface area is 165 Å². The zero-order chi connectivity index (χ0) is 19.4. The molecule has 0 fully saturated rings. The first kappa shape index (κ1) is 23.5. The Morgan fingerprint density at radius 2 is 1.62 bits per heavy atom. The van der Waals surface area contributed by atoms with Gasteiger partial charge in [-0.3, -0.25) is 0 Å². The van der Waals surface area contributed by atoms with Crippen LogP contribution in [0.25, 0.3) is 0 Å². The monoisotopic (exact) mass is 402 g/mol. The molecule has 1 aromatic rings. The topological polar surface area (TPSA) is 64.6 Å². The van der Waals surface area contributed by atoms with Gasteiger partial charge in [0.05, 0.1) is 12.5 Å². The molecule has 0 spiro atoms. The second kappa shape index (κ2) is 13.6. The van der Waals surface area contributed by atoms with Gasteiger partial charge in [0.1, 0.15) is 11.0 Å². The van der Waals surface area contributed by atoms with Gasteiger partial charge in [-0.25, -0.2) is 0 Å². The zero-order valence-corrected chi connectivity index (χ0v) is 18.3. The minimum absolute atomic E-state index is 0.191. The normalized spacial score (nSPS) is 14.7. The summed E-state index contributed by atoms with van der Waals surface area (Å²) in [5, 5.41) is 0.191. The summed E-state index contributed by atoms with van der Waals surface area (Å²) < 4.78 is 32.6. The van der Waals surface area contributed by atoms with Gasteiger partial charge >= 0.3 is 0 Å². The van der Waals surface area contributed by atoms with Gasteiger partial charge in [0, 0.05) is 6.42 Å². The third kappa shape index (κ3) is 9.95. The van der Waals surface area contributed by atoms with Crippen LogP contribution in [0.1, 0.15) is 57.9 Å². The lowest BCUT2D eigenvalue weighted by atomic mass is 10.1. The quantitative estimate of drug-likeness (QED) is 0.428. The molecule has 0 N–H and O–H groups in total. The van der Waals surface area contributed by atoms with Gasteiger partial charge in [-0.05, 0) is 37.5 Å². The van der Waals surface area contributed by atoms with Crippen molar-refractivity contribution in [3.05, 3.63) is 23.8 Å². The van der Waals surface area contributed by atoms with Crippen LogP contribution in [0.3, 0.4) is 0 Å². The molecule has 0 saturated carbocycles. The van der Waals surface area contributed by atoms with Gasteiger partial charge in [-0.2, -0.15) is 0 Å². The van der Waals surface area contributed by atoms with Crippen molar-refractivity contribution in [2.75, 3.05) is 25.1 Å². The average Bonchev–Trinajstić information content (AvgIpc) is 3.05. The SMILES string of the molecule is CCCCCCCC[S+]([O-])C(C)Cc1ccc2c(c1)OCO2.C[S+](C)[O-]. The van der Waals surface area contributed by atoms with Gasteiger partial charge in [-0.15, -0.1) is 0 Å². The molecule has 0 amide bonds. The third-order valence-corrected chi connectivity index (χ3v) is 5.86. The van der Waals surface area contributed by atoms with E-state index in [0.717, 1.165) is 30.1 Å². The first-order valence-electron chi connectivity index (χ1n) is 9.44. The number of ether oxygens (including phenoxy) is 2. The molecule has 1 aromatic carbocycles. The molecule has 2 rings (SSSR count). The molecule has 1 aliphatic heterocycles. The molecule has 0 aliphatic carbocycles. The second-order valence-electron chi connectivity index (χ2n) is 6.80. The molecule has 26 heavy (non-hydrogen) atoms. The first-order valence-corrected chi connectivity index (χ1v) is 12.8. The molecule has 1 aliphatic rings. The van der Waals surface area contributed by atoms with E-state index in [2.05, 4.69) is 13.8 Å². The summed E-state index contributed by atoms with van der Waals surface area (Å²) >= 11 is -1.35. The predicted octanol–water partition coefficient (Wildman–Crippen LogP) is 4.45. The molecule has 0 aromatic heterocycles. The van der Waals surface area contributed by atoms with Crippen LogP contribution in [0.15, 0.2) is 18.2 Å². The van der Waals surface area contributed by atoms with E-state index in [1.165, 1.54) is 37.7 Å². The predicted molar refractivity (Wildman–Crippen MR) is 112 cm³/mol. The van der Waals surface area contributed by atoms with E-state index in [9.17, 15) is 9.11 Å². The third-order valence-electron chi connectivity index (χ3n) is 4.11. The maximum absolute atomic E-state index is 12.3. The van der Waals surface area contributed by atoms with Crippen molar-refractivity contribution in [2.45, 2.75) is 64.0 Å². The summed E-state index contributed by atoms with van der Waals surface area (Å²) in [6.07, 6.45) is 11.6. The lowest BCUT2D eigenvalue weighted by Gasteiger charge is -2.18. The van der Waals surface area contributed by atoms with Crippen LogP contribution in [0, 0.1) is 0 Å². The molecule has 2 unspecified atom stereocenters. The summed E-state index contributed by atoms with van der Waals surface area (Å²) in [4.78, 5) is 0. The molecule has 4 nitrogen and oxygen atoms in total. The maximum atomic E-state index is 12.3. The summed E-state index contributed by atoms with van der Waals surface area (Å²) in [7, 11) is 0. The molecule has 0 saturated heterocycles. The highest BCUT2D eigenvalue weighted by Gasteiger charge is 2.19. The highest BCUT2D eigenvalue weighted by molar-refractivity contribution is 7.92. The van der Waals surface area contributed by atoms with Crippen molar-refractivity contribution in [1.29, 1.82) is 0 Å². The van der Waals surface area contributed by atoms with Crippen LogP contribution >= 0.6 is 0 Å². The number of hydrogen-bond donors (Lipinski definition) is 0. The fourth-order valence-electron chi connectivity index (χ4n) is 2.72. The summed E-state index contributed by atoms with van der Waals surface area (Å²) in [5.74, 6) is 2.45. The van der Waals surface area contributed by atoms with Gasteiger partial charge in [0.15, 0.2) is 11.5 Å². The molecule has 6 heteroatoms. The van der Waals surface area contributed by atoms with Crippen molar-refractivity contribution in [3.63, 3.8) is 0 Å². The van der Waals surface area contributed by atoms with Gasteiger partial charge in [0.2, 0.25) is 6.79 Å². The highest BCUT2D eigenvalue weighted by Crippen LogP contribution is 2.33. The van der Waals surface area contributed by atoms with Crippen LogP contribution in [0.4, 0.5) is 0 Å². The van der Waals surface area contributed by atoms with E-state index in [1.54, 1.807) is 12.5 Å². The van der Waals surface area contributed by atoms with Crippen LogP contribution in [0.5, 0.6) is 11.5 Å². The fourth-order valence-corrected chi connectivity index (χ4v) is 3.99. The van der Waals surface area contributed by atoms with E-state index < -0.39 is 22.4 Å². The molecular weight excluding hydrogens is 368 g/mol. The van der Waals surface area contributed by atoms with Crippen molar-refractivity contribution in [1.82, 2.24) is 0 Å². The molecule has 0 bridgehead atoms. The average molecular weight is 403 g/mol. The Morgan fingerprint density at radius 1 is 1.00 bits per heavy atom. The Morgan fingerprint density at radius 3 is 2.31 bits per heavy atom. The molecular formula is C20H34O4S2. The van der Waals surface area contributed by atoms with E-state index in [-0.39, 0.29) is 5.25 Å². The van der Waals surface area contributed by atoms with Crippen LogP contribution in [-0.4, -0.2) is 39.4 Å². The molecule has 2 atom stereocenters. The van der Waals surface area contributed by atoms with Crippen molar-refractivity contribution < 1.29 is 18.6 Å². The number of benzene rings is 1. The Balaban J connectivity index is 0.000000765. The smallest absolute Gasteiger partial charge is 0.231 e. The van der Waals surface area contributed by atoms with Gasteiger partial charge < -0.3 is 18.6 Å². The zero-order valence-electron chi connectivity index (χ0n) is 16.6. The van der Waals surface area contributed by atoms with Crippen LogP contribution in [0.2, 0.25) is 0 Å². The van der Waals surface area contributed by atoms with E-state index in [0.29, 0.717) is 6.79 Å². The lowest BCUT2D eigenvalue weighted by molar-refractivity contribution is 0.174. The Kier molecular flexibility index (Phi) is 12.3. The maximum Gasteiger partial charge on any atom is 0.231 e. The second-order valence-corrected chi connectivity index (χ2v) is 10.3. The standard InChI is InChI=1S/C18H28O3S.C2H6OS/c1-3-4-5-6-7-8-11-22(19)15(2)12-16-9-10-17-18(13-16)21-14-20-17;1-4(2)3/h9-10,13,15H,3-8,11-12,14H2,1-2H3;1-2H3. The number of unbranched alkanes of at least 4 members (excludes halogenated alkanes) is 5. The first-order chi connectivity index (χ1) is 12.4. The van der Waals surface area contributed by atoms with Crippen molar-refractivity contribution >= 4 is 22.4 Å². The number of hydrogen-bond acceptors (Lipinski definition) is 4. The van der Waals surface area contributed by atoms with Crippen molar-refractivity contribution in [3.8, 4) is 11.5 Å². The molecule has 0 radical (unpaired) electrons. The van der Waals surface area contributed by atoms with E-state index >= 15 is 0 Å².